The van der Waals surface area contributed by atoms with E-state index in [1.54, 1.807) is 12.4 Å². The van der Waals surface area contributed by atoms with Gasteiger partial charge in [0.1, 0.15) is 0 Å². The van der Waals surface area contributed by atoms with Gasteiger partial charge in [0.25, 0.3) is 0 Å². The quantitative estimate of drug-likeness (QED) is 0.857. The summed E-state index contributed by atoms with van der Waals surface area (Å²) in [5.41, 5.74) is 2.37. The smallest absolute Gasteiger partial charge is 0.222 e. The lowest BCUT2D eigenvalue weighted by molar-refractivity contribution is 0.168. The van der Waals surface area contributed by atoms with Gasteiger partial charge in [0.05, 0.1) is 24.5 Å². The molecule has 0 bridgehead atoms. The van der Waals surface area contributed by atoms with Crippen molar-refractivity contribution in [2.45, 2.75) is 32.5 Å². The molecule has 2 aromatic heterocycles. The van der Waals surface area contributed by atoms with Gasteiger partial charge in [-0.25, -0.2) is 9.97 Å². The maximum atomic E-state index is 4.71. The molecule has 4 rings (SSSR count). The molecule has 7 nitrogen and oxygen atoms in total. The van der Waals surface area contributed by atoms with E-state index in [2.05, 4.69) is 36.2 Å². The van der Waals surface area contributed by atoms with Crippen LogP contribution in [0.5, 0.6) is 0 Å². The predicted molar refractivity (Wildman–Crippen MR) is 92.5 cm³/mol. The Morgan fingerprint density at radius 3 is 3.00 bits per heavy atom. The third kappa shape index (κ3) is 3.73. The van der Waals surface area contributed by atoms with Crippen LogP contribution < -0.4 is 10.6 Å². The maximum Gasteiger partial charge on any atom is 0.222 e. The van der Waals surface area contributed by atoms with Crippen molar-refractivity contribution < 1.29 is 0 Å². The Bertz CT molecular complexity index is 648. The molecule has 4 heterocycles. The number of nitrogens with one attached hydrogen (secondary N) is 2. The normalized spacial score (nSPS) is 21.4. The molecular formula is C17H25N7. The molecule has 0 radical (unpaired) electrons. The molecule has 7 heteroatoms. The molecule has 2 N–H and O–H groups in total. The van der Waals surface area contributed by atoms with Gasteiger partial charge in [-0.15, -0.1) is 0 Å². The van der Waals surface area contributed by atoms with E-state index in [1.807, 2.05) is 6.07 Å². The largest absolute Gasteiger partial charge is 0.348 e. The maximum absolute atomic E-state index is 4.71. The summed E-state index contributed by atoms with van der Waals surface area (Å²) in [6.45, 7) is 7.30. The molecule has 0 aliphatic carbocycles. The second-order valence-corrected chi connectivity index (χ2v) is 6.72. The predicted octanol–water partition coefficient (Wildman–Crippen LogP) is 1.10. The van der Waals surface area contributed by atoms with E-state index in [9.17, 15) is 0 Å². The Morgan fingerprint density at radius 2 is 2.17 bits per heavy atom. The molecule has 0 aromatic carbocycles. The Hall–Kier alpha value is -1.99. The van der Waals surface area contributed by atoms with Crippen LogP contribution in [0.3, 0.4) is 0 Å². The van der Waals surface area contributed by atoms with E-state index in [0.717, 1.165) is 31.2 Å². The Labute approximate surface area is 142 Å². The van der Waals surface area contributed by atoms with E-state index in [1.165, 1.54) is 38.2 Å². The first-order valence-corrected chi connectivity index (χ1v) is 8.86. The van der Waals surface area contributed by atoms with E-state index < -0.39 is 0 Å². The van der Waals surface area contributed by atoms with Crippen molar-refractivity contribution >= 4 is 5.95 Å². The molecule has 1 atom stereocenters. The molecule has 0 spiro atoms. The number of aromatic nitrogens is 4. The number of anilines is 1. The third-order valence-electron chi connectivity index (χ3n) is 4.84. The zero-order chi connectivity index (χ0) is 16.2. The summed E-state index contributed by atoms with van der Waals surface area (Å²) >= 11 is 0. The first kappa shape index (κ1) is 15.5. The average molecular weight is 327 g/mol. The van der Waals surface area contributed by atoms with Gasteiger partial charge in [0.2, 0.25) is 5.95 Å². The first-order valence-electron chi connectivity index (χ1n) is 8.86. The van der Waals surface area contributed by atoms with Crippen molar-refractivity contribution in [2.75, 3.05) is 31.5 Å². The fraction of sp³-hybridized carbons (Fsp3) is 0.588. The van der Waals surface area contributed by atoms with Gasteiger partial charge in [-0.05, 0) is 44.0 Å². The van der Waals surface area contributed by atoms with Gasteiger partial charge in [-0.3, -0.25) is 9.58 Å². The number of hydrogen-bond acceptors (Lipinski definition) is 6. The van der Waals surface area contributed by atoms with Gasteiger partial charge < -0.3 is 10.6 Å². The van der Waals surface area contributed by atoms with Crippen molar-refractivity contribution in [3.63, 3.8) is 0 Å². The number of hydrogen-bond donors (Lipinski definition) is 2. The van der Waals surface area contributed by atoms with Gasteiger partial charge in [-0.1, -0.05) is 0 Å². The van der Waals surface area contributed by atoms with Crippen LogP contribution in [0.2, 0.25) is 0 Å². The minimum atomic E-state index is 0.648. The summed E-state index contributed by atoms with van der Waals surface area (Å²) < 4.78 is 2.15. The zero-order valence-electron chi connectivity index (χ0n) is 14.0. The van der Waals surface area contributed by atoms with Gasteiger partial charge in [-0.2, -0.15) is 5.10 Å². The minimum absolute atomic E-state index is 0.648. The van der Waals surface area contributed by atoms with Crippen molar-refractivity contribution in [3.8, 4) is 0 Å². The molecular weight excluding hydrogens is 302 g/mol. The molecule has 1 saturated heterocycles. The van der Waals surface area contributed by atoms with Crippen LogP contribution >= 0.6 is 0 Å². The molecule has 24 heavy (non-hydrogen) atoms. The molecule has 1 fully saturated rings. The SMILES string of the molecule is c1cnc(NCc2cc3n(n2)CCN(CC2CCCNC2)C3)nc1. The molecule has 0 saturated carbocycles. The molecule has 2 aliphatic heterocycles. The fourth-order valence-corrected chi connectivity index (χ4v) is 3.63. The summed E-state index contributed by atoms with van der Waals surface area (Å²) in [6, 6.07) is 4.03. The van der Waals surface area contributed by atoms with Crippen LogP contribution in [-0.2, 0) is 19.6 Å². The second kappa shape index (κ2) is 7.27. The van der Waals surface area contributed by atoms with Gasteiger partial charge >= 0.3 is 0 Å². The number of rotatable bonds is 5. The van der Waals surface area contributed by atoms with E-state index in [-0.39, 0.29) is 0 Å². The number of piperidine rings is 1. The van der Waals surface area contributed by atoms with Crippen molar-refractivity contribution in [1.82, 2.24) is 30.0 Å². The molecule has 2 aliphatic rings. The van der Waals surface area contributed by atoms with Crippen LogP contribution in [0, 0.1) is 5.92 Å². The summed E-state index contributed by atoms with van der Waals surface area (Å²) in [5.74, 6) is 1.44. The highest BCUT2D eigenvalue weighted by Gasteiger charge is 2.22. The molecule has 2 aromatic rings. The highest BCUT2D eigenvalue weighted by atomic mass is 15.3. The van der Waals surface area contributed by atoms with Crippen molar-refractivity contribution in [2.24, 2.45) is 5.92 Å². The Kier molecular flexibility index (Phi) is 4.71. The lowest BCUT2D eigenvalue weighted by atomic mass is 9.99. The van der Waals surface area contributed by atoms with E-state index in [4.69, 9.17) is 5.10 Å². The minimum Gasteiger partial charge on any atom is -0.348 e. The first-order chi connectivity index (χ1) is 11.9. The third-order valence-corrected chi connectivity index (χ3v) is 4.84. The van der Waals surface area contributed by atoms with Gasteiger partial charge in [0.15, 0.2) is 0 Å². The molecule has 128 valence electrons. The van der Waals surface area contributed by atoms with Crippen LogP contribution in [0.15, 0.2) is 24.5 Å². The number of fused-ring (bicyclic) bond motifs is 1. The standard InChI is InChI=1S/C17H25N7/c1-3-14(10-18-4-1)12-23-7-8-24-16(13-23)9-15(22-24)11-21-17-19-5-2-6-20-17/h2,5-6,9,14,18H,1,3-4,7-8,10-13H2,(H,19,20,21). The van der Waals surface area contributed by atoms with Gasteiger partial charge in [0, 0.05) is 32.0 Å². The Balaban J connectivity index is 1.33. The average Bonchev–Trinajstić information content (AvgIpc) is 3.04. The lowest BCUT2D eigenvalue weighted by Gasteiger charge is -2.32. The van der Waals surface area contributed by atoms with Crippen molar-refractivity contribution in [3.05, 3.63) is 35.9 Å². The van der Waals surface area contributed by atoms with Crippen LogP contribution in [0.4, 0.5) is 5.95 Å². The number of nitrogens with zero attached hydrogens (tertiary/aromatic N) is 5. The van der Waals surface area contributed by atoms with E-state index in [0.29, 0.717) is 12.5 Å². The molecule has 0 amide bonds. The lowest BCUT2D eigenvalue weighted by Crippen LogP contribution is -2.41. The monoisotopic (exact) mass is 327 g/mol. The summed E-state index contributed by atoms with van der Waals surface area (Å²) in [7, 11) is 0. The van der Waals surface area contributed by atoms with Crippen LogP contribution in [0.25, 0.3) is 0 Å². The fourth-order valence-electron chi connectivity index (χ4n) is 3.63. The summed E-state index contributed by atoms with van der Waals surface area (Å²) in [5, 5.41) is 11.4. The highest BCUT2D eigenvalue weighted by molar-refractivity contribution is 5.24. The van der Waals surface area contributed by atoms with Crippen molar-refractivity contribution in [1.29, 1.82) is 0 Å². The summed E-state index contributed by atoms with van der Waals surface area (Å²) in [6.07, 6.45) is 6.15. The van der Waals surface area contributed by atoms with E-state index >= 15 is 0 Å². The zero-order valence-corrected chi connectivity index (χ0v) is 14.0. The highest BCUT2D eigenvalue weighted by Crippen LogP contribution is 2.18. The topological polar surface area (TPSA) is 70.9 Å². The summed E-state index contributed by atoms with van der Waals surface area (Å²) in [4.78, 5) is 10.9. The Morgan fingerprint density at radius 1 is 1.25 bits per heavy atom. The van der Waals surface area contributed by atoms with Crippen LogP contribution in [0.1, 0.15) is 24.2 Å². The second-order valence-electron chi connectivity index (χ2n) is 6.72. The van der Waals surface area contributed by atoms with Crippen LogP contribution in [-0.4, -0.2) is 50.8 Å². The molecule has 1 unspecified atom stereocenters.